The SMILES string of the molecule is CCN(CC)S(=O)(=O)c1ccc(F)c(C(=O)NC(C)c2ccccc2Cl)c1. The highest BCUT2D eigenvalue weighted by Crippen LogP contribution is 2.24. The van der Waals surface area contributed by atoms with Gasteiger partial charge in [0.15, 0.2) is 0 Å². The molecule has 1 N–H and O–H groups in total. The number of nitrogens with zero attached hydrogens (tertiary/aromatic N) is 1. The van der Waals surface area contributed by atoms with Gasteiger partial charge in [0.1, 0.15) is 5.82 Å². The van der Waals surface area contributed by atoms with E-state index in [1.54, 1.807) is 45.0 Å². The Kier molecular flexibility index (Phi) is 6.97. The lowest BCUT2D eigenvalue weighted by Crippen LogP contribution is -2.31. The second-order valence-corrected chi connectivity index (χ2v) is 8.29. The van der Waals surface area contributed by atoms with E-state index in [1.165, 1.54) is 4.31 Å². The third-order valence-electron chi connectivity index (χ3n) is 4.24. The fourth-order valence-electron chi connectivity index (χ4n) is 2.73. The predicted molar refractivity (Wildman–Crippen MR) is 104 cm³/mol. The molecule has 0 fully saturated rings. The normalized spacial score (nSPS) is 12.8. The number of rotatable bonds is 7. The minimum atomic E-state index is -3.80. The van der Waals surface area contributed by atoms with Gasteiger partial charge in [0.2, 0.25) is 10.0 Å². The van der Waals surface area contributed by atoms with Crippen molar-refractivity contribution in [1.82, 2.24) is 9.62 Å². The van der Waals surface area contributed by atoms with E-state index in [2.05, 4.69) is 5.32 Å². The molecule has 0 spiro atoms. The summed E-state index contributed by atoms with van der Waals surface area (Å²) in [5.74, 6) is -1.51. The number of sulfonamides is 1. The predicted octanol–water partition coefficient (Wildman–Crippen LogP) is 4.00. The minimum Gasteiger partial charge on any atom is -0.345 e. The molecule has 1 amide bonds. The molecule has 5 nitrogen and oxygen atoms in total. The Morgan fingerprint density at radius 2 is 1.81 bits per heavy atom. The van der Waals surface area contributed by atoms with E-state index in [-0.39, 0.29) is 23.5 Å². The highest BCUT2D eigenvalue weighted by molar-refractivity contribution is 7.89. The Balaban J connectivity index is 2.33. The van der Waals surface area contributed by atoms with Gasteiger partial charge in [0.25, 0.3) is 5.91 Å². The third-order valence-corrected chi connectivity index (χ3v) is 6.64. The van der Waals surface area contributed by atoms with Gasteiger partial charge in [-0.2, -0.15) is 4.31 Å². The molecule has 0 heterocycles. The molecule has 146 valence electrons. The minimum absolute atomic E-state index is 0.122. The summed E-state index contributed by atoms with van der Waals surface area (Å²) in [6, 6.07) is 9.74. The van der Waals surface area contributed by atoms with E-state index in [0.717, 1.165) is 18.2 Å². The molecule has 0 radical (unpaired) electrons. The van der Waals surface area contributed by atoms with Crippen molar-refractivity contribution >= 4 is 27.5 Å². The van der Waals surface area contributed by atoms with E-state index in [9.17, 15) is 17.6 Å². The summed E-state index contributed by atoms with van der Waals surface area (Å²) in [5, 5.41) is 3.13. The van der Waals surface area contributed by atoms with Crippen molar-refractivity contribution in [1.29, 1.82) is 0 Å². The Hall–Kier alpha value is -1.96. The molecule has 0 bridgehead atoms. The lowest BCUT2D eigenvalue weighted by Gasteiger charge is -2.19. The second-order valence-electron chi connectivity index (χ2n) is 5.95. The molecule has 0 aromatic heterocycles. The van der Waals surface area contributed by atoms with Crippen molar-refractivity contribution < 1.29 is 17.6 Å². The van der Waals surface area contributed by atoms with Gasteiger partial charge >= 0.3 is 0 Å². The Morgan fingerprint density at radius 3 is 2.41 bits per heavy atom. The molecule has 0 saturated carbocycles. The third kappa shape index (κ3) is 4.66. The Labute approximate surface area is 164 Å². The van der Waals surface area contributed by atoms with E-state index < -0.39 is 27.8 Å². The van der Waals surface area contributed by atoms with Crippen molar-refractivity contribution in [3.8, 4) is 0 Å². The highest BCUT2D eigenvalue weighted by Gasteiger charge is 2.25. The van der Waals surface area contributed by atoms with E-state index in [1.807, 2.05) is 0 Å². The maximum atomic E-state index is 14.2. The Bertz CT molecular complexity index is 930. The van der Waals surface area contributed by atoms with Crippen LogP contribution in [0.2, 0.25) is 5.02 Å². The molecule has 2 aromatic rings. The number of hydrogen-bond donors (Lipinski definition) is 1. The molecule has 8 heteroatoms. The van der Waals surface area contributed by atoms with Gasteiger partial charge in [0.05, 0.1) is 16.5 Å². The number of nitrogens with one attached hydrogen (secondary N) is 1. The molecule has 1 unspecified atom stereocenters. The van der Waals surface area contributed by atoms with Crippen molar-refractivity contribution in [3.63, 3.8) is 0 Å². The summed E-state index contributed by atoms with van der Waals surface area (Å²) in [7, 11) is -3.80. The van der Waals surface area contributed by atoms with Crippen LogP contribution < -0.4 is 5.32 Å². The molecule has 0 aliphatic rings. The zero-order valence-electron chi connectivity index (χ0n) is 15.4. The van der Waals surface area contributed by atoms with E-state index in [0.29, 0.717) is 10.6 Å². The molecule has 2 rings (SSSR count). The summed E-state index contributed by atoms with van der Waals surface area (Å²) in [6.07, 6.45) is 0. The van der Waals surface area contributed by atoms with Crippen LogP contribution >= 0.6 is 11.6 Å². The Morgan fingerprint density at radius 1 is 1.19 bits per heavy atom. The van der Waals surface area contributed by atoms with Crippen molar-refractivity contribution in [2.24, 2.45) is 0 Å². The second kappa shape index (κ2) is 8.82. The van der Waals surface area contributed by atoms with Crippen LogP contribution in [-0.2, 0) is 10.0 Å². The zero-order chi connectivity index (χ0) is 20.2. The van der Waals surface area contributed by atoms with Crippen LogP contribution in [-0.4, -0.2) is 31.7 Å². The summed E-state index contributed by atoms with van der Waals surface area (Å²) in [4.78, 5) is 12.4. The fourth-order valence-corrected chi connectivity index (χ4v) is 4.51. The molecule has 0 aliphatic carbocycles. The maximum Gasteiger partial charge on any atom is 0.254 e. The van der Waals surface area contributed by atoms with Gasteiger partial charge in [-0.3, -0.25) is 4.79 Å². The number of amides is 1. The smallest absolute Gasteiger partial charge is 0.254 e. The summed E-state index contributed by atoms with van der Waals surface area (Å²) < 4.78 is 40.7. The first-order valence-corrected chi connectivity index (χ1v) is 10.4. The molecule has 1 atom stereocenters. The maximum absolute atomic E-state index is 14.2. The average molecular weight is 413 g/mol. The molecule has 27 heavy (non-hydrogen) atoms. The molecular weight excluding hydrogens is 391 g/mol. The first-order chi connectivity index (χ1) is 12.7. The monoisotopic (exact) mass is 412 g/mol. The van der Waals surface area contributed by atoms with Crippen molar-refractivity contribution in [3.05, 3.63) is 64.4 Å². The number of carbonyl (C=O) groups is 1. The fraction of sp³-hybridized carbons (Fsp3) is 0.316. The lowest BCUT2D eigenvalue weighted by atomic mass is 10.1. The first kappa shape index (κ1) is 21.3. The number of halogens is 2. The van der Waals surface area contributed by atoms with Crippen LogP contribution in [0.3, 0.4) is 0 Å². The first-order valence-electron chi connectivity index (χ1n) is 8.57. The standard InChI is InChI=1S/C19H22ClFN2O3S/c1-4-23(5-2)27(25,26)14-10-11-18(21)16(12-14)19(24)22-13(3)15-8-6-7-9-17(15)20/h6-13H,4-5H2,1-3H3,(H,22,24). The summed E-state index contributed by atoms with van der Waals surface area (Å²) >= 11 is 6.12. The summed E-state index contributed by atoms with van der Waals surface area (Å²) in [5.41, 5.74) is 0.349. The van der Waals surface area contributed by atoms with Gasteiger partial charge in [-0.05, 0) is 36.8 Å². The van der Waals surface area contributed by atoms with Gasteiger partial charge in [-0.15, -0.1) is 0 Å². The van der Waals surface area contributed by atoms with E-state index >= 15 is 0 Å². The van der Waals surface area contributed by atoms with Crippen molar-refractivity contribution in [2.45, 2.75) is 31.7 Å². The molecule has 0 aliphatic heterocycles. The topological polar surface area (TPSA) is 66.5 Å². The van der Waals surface area contributed by atoms with Gasteiger partial charge in [-0.25, -0.2) is 12.8 Å². The van der Waals surface area contributed by atoms with Crippen LogP contribution in [0.5, 0.6) is 0 Å². The van der Waals surface area contributed by atoms with Crippen LogP contribution in [0.1, 0.15) is 42.7 Å². The molecular formula is C19H22ClFN2O3S. The average Bonchev–Trinajstić information content (AvgIpc) is 2.62. The highest BCUT2D eigenvalue weighted by atomic mass is 35.5. The number of carbonyl (C=O) groups excluding carboxylic acids is 1. The van der Waals surface area contributed by atoms with Crippen LogP contribution in [0.15, 0.2) is 47.4 Å². The van der Waals surface area contributed by atoms with E-state index in [4.69, 9.17) is 11.6 Å². The largest absolute Gasteiger partial charge is 0.345 e. The number of benzene rings is 2. The van der Waals surface area contributed by atoms with Gasteiger partial charge in [0, 0.05) is 18.1 Å². The van der Waals surface area contributed by atoms with Gasteiger partial charge < -0.3 is 5.32 Å². The molecule has 2 aromatic carbocycles. The lowest BCUT2D eigenvalue weighted by molar-refractivity contribution is 0.0935. The van der Waals surface area contributed by atoms with Crippen LogP contribution in [0, 0.1) is 5.82 Å². The summed E-state index contributed by atoms with van der Waals surface area (Å²) in [6.45, 7) is 5.70. The van der Waals surface area contributed by atoms with Crippen LogP contribution in [0.25, 0.3) is 0 Å². The zero-order valence-corrected chi connectivity index (χ0v) is 16.9. The quantitative estimate of drug-likeness (QED) is 0.747. The molecule has 0 saturated heterocycles. The van der Waals surface area contributed by atoms with Gasteiger partial charge in [-0.1, -0.05) is 43.6 Å². The van der Waals surface area contributed by atoms with Crippen molar-refractivity contribution in [2.75, 3.05) is 13.1 Å². The number of hydrogen-bond acceptors (Lipinski definition) is 3. The van der Waals surface area contributed by atoms with Crippen LogP contribution in [0.4, 0.5) is 4.39 Å².